The van der Waals surface area contributed by atoms with E-state index < -0.39 is 10.0 Å². The van der Waals surface area contributed by atoms with E-state index >= 15 is 0 Å². The minimum absolute atomic E-state index is 0.0521. The van der Waals surface area contributed by atoms with Gasteiger partial charge in [0.05, 0.1) is 6.20 Å². The molecule has 0 aliphatic rings. The third kappa shape index (κ3) is 2.28. The zero-order valence-corrected chi connectivity index (χ0v) is 9.62. The highest BCUT2D eigenvalue weighted by Crippen LogP contribution is 2.22. The largest absolute Gasteiger partial charge is 0.389 e. The fourth-order valence-electron chi connectivity index (χ4n) is 1.01. The normalized spacial score (nSPS) is 11.2. The quantitative estimate of drug-likeness (QED) is 0.851. The first kappa shape index (κ1) is 10.8. The lowest BCUT2D eigenvalue weighted by molar-refractivity contribution is 0.597. The molecule has 0 spiro atoms. The van der Waals surface area contributed by atoms with Gasteiger partial charge in [0.1, 0.15) is 5.00 Å². The zero-order chi connectivity index (χ0) is 11.6. The van der Waals surface area contributed by atoms with Crippen LogP contribution in [0, 0.1) is 0 Å². The van der Waals surface area contributed by atoms with Crippen molar-refractivity contribution in [3.05, 3.63) is 30.6 Å². The Bertz CT molecular complexity index is 579. The Balaban J connectivity index is 2.28. The average Bonchev–Trinajstić information content (AvgIpc) is 2.64. The van der Waals surface area contributed by atoms with Crippen LogP contribution >= 0.6 is 11.3 Å². The summed E-state index contributed by atoms with van der Waals surface area (Å²) in [7, 11) is -3.67. The maximum absolute atomic E-state index is 11.8. The second-order valence-electron chi connectivity index (χ2n) is 2.84. The summed E-state index contributed by atoms with van der Waals surface area (Å²) in [5.41, 5.74) is 5.44. The Labute approximate surface area is 96.2 Å². The molecule has 0 amide bonds. The molecule has 3 N–H and O–H groups in total. The molecule has 0 saturated heterocycles. The fourth-order valence-corrected chi connectivity index (χ4v) is 2.78. The summed E-state index contributed by atoms with van der Waals surface area (Å²) in [4.78, 5) is 7.55. The van der Waals surface area contributed by atoms with E-state index in [-0.39, 0.29) is 10.2 Å². The third-order valence-electron chi connectivity index (χ3n) is 1.66. The predicted octanol–water partition coefficient (Wildman–Crippen LogP) is 0.921. The minimum atomic E-state index is -3.67. The summed E-state index contributed by atoms with van der Waals surface area (Å²) in [6.07, 6.45) is 2.80. The summed E-state index contributed by atoms with van der Waals surface area (Å²) < 4.78 is 25.8. The summed E-state index contributed by atoms with van der Waals surface area (Å²) in [5.74, 6) is 0. The molecule has 0 radical (unpaired) electrons. The Morgan fingerprint density at radius 1 is 1.31 bits per heavy atom. The van der Waals surface area contributed by atoms with Gasteiger partial charge in [0.2, 0.25) is 0 Å². The first-order chi connectivity index (χ1) is 7.58. The van der Waals surface area contributed by atoms with Crippen LogP contribution in [0.15, 0.2) is 35.6 Å². The summed E-state index contributed by atoms with van der Waals surface area (Å²) in [6.45, 7) is 0. The second kappa shape index (κ2) is 4.06. The van der Waals surface area contributed by atoms with Gasteiger partial charge >= 0.3 is 0 Å². The molecule has 0 aliphatic carbocycles. The van der Waals surface area contributed by atoms with Crippen LogP contribution in [-0.2, 0) is 10.0 Å². The van der Waals surface area contributed by atoms with Gasteiger partial charge in [-0.3, -0.25) is 4.72 Å². The van der Waals surface area contributed by atoms with E-state index in [4.69, 9.17) is 5.73 Å². The van der Waals surface area contributed by atoms with Crippen molar-refractivity contribution in [3.63, 3.8) is 0 Å². The van der Waals surface area contributed by atoms with Gasteiger partial charge in [0.25, 0.3) is 10.0 Å². The summed E-state index contributed by atoms with van der Waals surface area (Å²) >= 11 is 1.06. The Morgan fingerprint density at radius 2 is 2.12 bits per heavy atom. The number of pyridine rings is 1. The van der Waals surface area contributed by atoms with Crippen molar-refractivity contribution in [3.8, 4) is 0 Å². The van der Waals surface area contributed by atoms with Crippen LogP contribution in [0.1, 0.15) is 0 Å². The molecule has 2 heterocycles. The Kier molecular flexibility index (Phi) is 2.75. The molecule has 2 rings (SSSR count). The molecular formula is C8H8N4O2S2. The lowest BCUT2D eigenvalue weighted by Gasteiger charge is -2.02. The zero-order valence-electron chi connectivity index (χ0n) is 7.99. The van der Waals surface area contributed by atoms with Gasteiger partial charge < -0.3 is 5.73 Å². The van der Waals surface area contributed by atoms with Gasteiger partial charge in [-0.1, -0.05) is 17.4 Å². The van der Waals surface area contributed by atoms with E-state index in [9.17, 15) is 8.42 Å². The number of nitrogens with one attached hydrogen (secondary N) is 1. The number of hydrogen-bond donors (Lipinski definition) is 2. The number of rotatable bonds is 3. The minimum Gasteiger partial charge on any atom is -0.389 e. The topological polar surface area (TPSA) is 98.0 Å². The predicted molar refractivity (Wildman–Crippen MR) is 61.6 cm³/mol. The number of nitrogens with zero attached hydrogens (tertiary/aromatic N) is 2. The van der Waals surface area contributed by atoms with Crippen molar-refractivity contribution >= 4 is 31.5 Å². The van der Waals surface area contributed by atoms with Crippen LogP contribution < -0.4 is 10.5 Å². The number of nitrogens with two attached hydrogens (primary N) is 1. The number of nitrogen functional groups attached to an aromatic ring is 1. The molecule has 2 aromatic rings. The van der Waals surface area contributed by atoms with Crippen LogP contribution in [0.3, 0.4) is 0 Å². The van der Waals surface area contributed by atoms with Gasteiger partial charge in [0, 0.05) is 6.20 Å². The highest BCUT2D eigenvalue weighted by Gasteiger charge is 2.16. The average molecular weight is 256 g/mol. The first-order valence-electron chi connectivity index (χ1n) is 4.23. The van der Waals surface area contributed by atoms with Crippen molar-refractivity contribution < 1.29 is 8.42 Å². The summed E-state index contributed by atoms with van der Waals surface area (Å²) in [5, 5.41) is 0.616. The Morgan fingerprint density at radius 3 is 2.69 bits per heavy atom. The third-order valence-corrected chi connectivity index (χ3v) is 3.78. The van der Waals surface area contributed by atoms with Crippen LogP contribution in [-0.4, -0.2) is 18.4 Å². The lowest BCUT2D eigenvalue weighted by atomic mass is 10.5. The van der Waals surface area contributed by atoms with E-state index in [0.29, 0.717) is 5.00 Å². The van der Waals surface area contributed by atoms with Crippen LogP contribution in [0.5, 0.6) is 0 Å². The number of aromatic nitrogens is 2. The van der Waals surface area contributed by atoms with Crippen molar-refractivity contribution in [2.75, 3.05) is 10.5 Å². The molecule has 0 unspecified atom stereocenters. The van der Waals surface area contributed by atoms with Crippen molar-refractivity contribution in [1.82, 2.24) is 9.97 Å². The van der Waals surface area contributed by atoms with E-state index in [1.165, 1.54) is 18.5 Å². The second-order valence-corrected chi connectivity index (χ2v) is 5.53. The molecule has 0 fully saturated rings. The molecule has 6 nitrogen and oxygen atoms in total. The summed E-state index contributed by atoms with van der Waals surface area (Å²) in [6, 6.07) is 4.64. The molecule has 0 atom stereocenters. The smallest absolute Gasteiger partial charge is 0.281 e. The van der Waals surface area contributed by atoms with Crippen molar-refractivity contribution in [2.24, 2.45) is 0 Å². The SMILES string of the molecule is Nc1cnc(NS(=O)(=O)c2ccccn2)s1. The monoisotopic (exact) mass is 256 g/mol. The van der Waals surface area contributed by atoms with Gasteiger partial charge in [-0.15, -0.1) is 0 Å². The van der Waals surface area contributed by atoms with Gasteiger partial charge in [-0.2, -0.15) is 8.42 Å². The lowest BCUT2D eigenvalue weighted by Crippen LogP contribution is -2.13. The highest BCUT2D eigenvalue weighted by atomic mass is 32.2. The first-order valence-corrected chi connectivity index (χ1v) is 6.53. The molecular weight excluding hydrogens is 248 g/mol. The highest BCUT2D eigenvalue weighted by molar-refractivity contribution is 7.92. The van der Waals surface area contributed by atoms with Crippen LogP contribution in [0.25, 0.3) is 0 Å². The van der Waals surface area contributed by atoms with Gasteiger partial charge in [-0.25, -0.2) is 9.97 Å². The molecule has 0 aromatic carbocycles. The number of anilines is 2. The molecule has 2 aromatic heterocycles. The Hall–Kier alpha value is -1.67. The number of thiazole rings is 1. The standard InChI is InChI=1S/C8H8N4O2S2/c9-6-5-11-8(15-6)12-16(13,14)7-3-1-2-4-10-7/h1-5H,9H2,(H,11,12). The van der Waals surface area contributed by atoms with Crippen molar-refractivity contribution in [2.45, 2.75) is 5.03 Å². The maximum Gasteiger partial charge on any atom is 0.281 e. The maximum atomic E-state index is 11.8. The molecule has 8 heteroatoms. The van der Waals surface area contributed by atoms with Gasteiger partial charge in [0.15, 0.2) is 10.2 Å². The molecule has 84 valence electrons. The molecule has 0 bridgehead atoms. The molecule has 16 heavy (non-hydrogen) atoms. The van der Waals surface area contributed by atoms with E-state index in [2.05, 4.69) is 14.7 Å². The van der Waals surface area contributed by atoms with Crippen LogP contribution in [0.2, 0.25) is 0 Å². The molecule has 0 saturated carbocycles. The molecule has 0 aliphatic heterocycles. The van der Waals surface area contributed by atoms with Gasteiger partial charge in [-0.05, 0) is 12.1 Å². The van der Waals surface area contributed by atoms with E-state index in [0.717, 1.165) is 11.3 Å². The van der Waals surface area contributed by atoms with Crippen molar-refractivity contribution in [1.29, 1.82) is 0 Å². The number of sulfonamides is 1. The van der Waals surface area contributed by atoms with E-state index in [1.54, 1.807) is 12.1 Å². The fraction of sp³-hybridized carbons (Fsp3) is 0. The van der Waals surface area contributed by atoms with Crippen LogP contribution in [0.4, 0.5) is 10.1 Å². The van der Waals surface area contributed by atoms with E-state index in [1.807, 2.05) is 0 Å². The number of hydrogen-bond acceptors (Lipinski definition) is 6.